The summed E-state index contributed by atoms with van der Waals surface area (Å²) in [6, 6.07) is 7.66. The number of nitrogens with one attached hydrogen (secondary N) is 1. The number of hydrogen-bond acceptors (Lipinski definition) is 2. The average Bonchev–Trinajstić information content (AvgIpc) is 2.79. The van der Waals surface area contributed by atoms with Crippen LogP contribution in [0, 0.1) is 0 Å². The Morgan fingerprint density at radius 1 is 1.53 bits per heavy atom. The van der Waals surface area contributed by atoms with Crippen molar-refractivity contribution >= 4 is 6.03 Å². The molecule has 0 spiro atoms. The number of carbonyl (C=O) groups excluding carboxylic acids is 1. The van der Waals surface area contributed by atoms with E-state index in [0.717, 1.165) is 16.9 Å². The molecule has 4 heteroatoms. The highest BCUT2D eigenvalue weighted by Crippen LogP contribution is 2.31. The molecule has 1 aromatic carbocycles. The molecular formula is C15H20N2O2. The number of hydrogen-bond donors (Lipinski definition) is 1. The molecule has 0 saturated heterocycles. The Morgan fingerprint density at radius 2 is 2.26 bits per heavy atom. The summed E-state index contributed by atoms with van der Waals surface area (Å²) < 4.78 is 5.56. The van der Waals surface area contributed by atoms with E-state index in [2.05, 4.69) is 11.9 Å². The van der Waals surface area contributed by atoms with Crippen LogP contribution in [0.25, 0.3) is 0 Å². The summed E-state index contributed by atoms with van der Waals surface area (Å²) in [7, 11) is 0. The van der Waals surface area contributed by atoms with Crippen molar-refractivity contribution in [3.63, 3.8) is 0 Å². The monoisotopic (exact) mass is 260 g/mol. The molecule has 1 N–H and O–H groups in total. The van der Waals surface area contributed by atoms with Crippen LogP contribution >= 0.6 is 0 Å². The van der Waals surface area contributed by atoms with E-state index < -0.39 is 0 Å². The summed E-state index contributed by atoms with van der Waals surface area (Å²) >= 11 is 0. The summed E-state index contributed by atoms with van der Waals surface area (Å²) in [5.74, 6) is 0.857. The van der Waals surface area contributed by atoms with Crippen LogP contribution < -0.4 is 10.1 Å². The second-order valence-corrected chi connectivity index (χ2v) is 4.82. The lowest BCUT2D eigenvalue weighted by atomic mass is 10.1. The number of rotatable bonds is 4. The van der Waals surface area contributed by atoms with E-state index in [1.54, 1.807) is 4.90 Å². The second-order valence-electron chi connectivity index (χ2n) is 4.82. The minimum atomic E-state index is -0.0733. The van der Waals surface area contributed by atoms with E-state index >= 15 is 0 Å². The fourth-order valence-corrected chi connectivity index (χ4v) is 2.18. The number of amides is 2. The minimum absolute atomic E-state index is 0.0668. The van der Waals surface area contributed by atoms with Gasteiger partial charge in [0.05, 0.1) is 6.04 Å². The maximum Gasteiger partial charge on any atom is 0.318 e. The van der Waals surface area contributed by atoms with E-state index in [9.17, 15) is 4.79 Å². The molecule has 0 aliphatic carbocycles. The molecule has 0 radical (unpaired) electrons. The number of benzene rings is 1. The zero-order chi connectivity index (χ0) is 13.8. The molecule has 2 amide bonds. The largest absolute Gasteiger partial charge is 0.491 e. The predicted molar refractivity (Wildman–Crippen MR) is 75.3 cm³/mol. The lowest BCUT2D eigenvalue weighted by molar-refractivity contribution is 0.197. The van der Waals surface area contributed by atoms with Crippen LogP contribution in [0.3, 0.4) is 0 Å². The molecule has 0 fully saturated rings. The minimum Gasteiger partial charge on any atom is -0.491 e. The SMILES string of the molecule is C=C(C)CN(CC)C(=O)N[C@@H]1COc2ccccc21. The van der Waals surface area contributed by atoms with Gasteiger partial charge < -0.3 is 15.0 Å². The summed E-state index contributed by atoms with van der Waals surface area (Å²) in [6.45, 7) is 9.46. The Morgan fingerprint density at radius 3 is 2.95 bits per heavy atom. The van der Waals surface area contributed by atoms with Gasteiger partial charge in [-0.1, -0.05) is 30.4 Å². The van der Waals surface area contributed by atoms with Crippen LogP contribution in [0.5, 0.6) is 5.75 Å². The van der Waals surface area contributed by atoms with Crippen molar-refractivity contribution in [1.29, 1.82) is 0 Å². The van der Waals surface area contributed by atoms with E-state index in [0.29, 0.717) is 19.7 Å². The fraction of sp³-hybridized carbons (Fsp3) is 0.400. The number of nitrogens with zero attached hydrogens (tertiary/aromatic N) is 1. The molecular weight excluding hydrogens is 240 g/mol. The van der Waals surface area contributed by atoms with Gasteiger partial charge in [0.2, 0.25) is 0 Å². The number of carbonyl (C=O) groups is 1. The third kappa shape index (κ3) is 3.08. The second kappa shape index (κ2) is 5.78. The number of ether oxygens (including phenoxy) is 1. The summed E-state index contributed by atoms with van der Waals surface area (Å²) in [6.07, 6.45) is 0. The normalized spacial score (nSPS) is 16.4. The van der Waals surface area contributed by atoms with Gasteiger partial charge in [-0.2, -0.15) is 0 Å². The number of para-hydroxylation sites is 1. The van der Waals surface area contributed by atoms with E-state index in [4.69, 9.17) is 4.74 Å². The molecule has 0 bridgehead atoms. The molecule has 102 valence electrons. The molecule has 0 unspecified atom stereocenters. The third-order valence-electron chi connectivity index (χ3n) is 3.13. The van der Waals surface area contributed by atoms with Crippen molar-refractivity contribution in [2.45, 2.75) is 19.9 Å². The van der Waals surface area contributed by atoms with Crippen molar-refractivity contribution in [3.8, 4) is 5.75 Å². The predicted octanol–water partition coefficient (Wildman–Crippen LogP) is 2.73. The zero-order valence-electron chi connectivity index (χ0n) is 11.5. The van der Waals surface area contributed by atoms with Crippen LogP contribution in [0.4, 0.5) is 4.79 Å². The first kappa shape index (κ1) is 13.5. The molecule has 1 aliphatic heterocycles. The Balaban J connectivity index is 2.02. The number of likely N-dealkylation sites (N-methyl/N-ethyl adjacent to an activating group) is 1. The van der Waals surface area contributed by atoms with Gasteiger partial charge in [0.25, 0.3) is 0 Å². The standard InChI is InChI=1S/C15H20N2O2/c1-4-17(9-11(2)3)15(18)16-13-10-19-14-8-6-5-7-12(13)14/h5-8,13H,2,4,9-10H2,1,3H3,(H,16,18)/t13-/m1/s1. The Hall–Kier alpha value is -1.97. The van der Waals surface area contributed by atoms with Crippen LogP contribution in [0.1, 0.15) is 25.5 Å². The zero-order valence-corrected chi connectivity index (χ0v) is 11.5. The first-order valence-electron chi connectivity index (χ1n) is 6.53. The van der Waals surface area contributed by atoms with Crippen molar-refractivity contribution in [2.75, 3.05) is 19.7 Å². The lowest BCUT2D eigenvalue weighted by Gasteiger charge is -2.23. The summed E-state index contributed by atoms with van der Waals surface area (Å²) in [5.41, 5.74) is 2.02. The number of urea groups is 1. The summed E-state index contributed by atoms with van der Waals surface area (Å²) in [5, 5.41) is 3.01. The third-order valence-corrected chi connectivity index (χ3v) is 3.13. The first-order valence-corrected chi connectivity index (χ1v) is 6.53. The smallest absolute Gasteiger partial charge is 0.318 e. The van der Waals surface area contributed by atoms with Crippen LogP contribution in [-0.2, 0) is 0 Å². The van der Waals surface area contributed by atoms with Crippen molar-refractivity contribution < 1.29 is 9.53 Å². The quantitative estimate of drug-likeness (QED) is 0.846. The Labute approximate surface area is 114 Å². The van der Waals surface area contributed by atoms with Gasteiger partial charge in [0.1, 0.15) is 12.4 Å². The molecule has 0 saturated carbocycles. The van der Waals surface area contributed by atoms with E-state index in [-0.39, 0.29) is 12.1 Å². The van der Waals surface area contributed by atoms with Crippen molar-refractivity contribution in [1.82, 2.24) is 10.2 Å². The van der Waals surface area contributed by atoms with Gasteiger partial charge in [-0.25, -0.2) is 4.79 Å². The highest BCUT2D eigenvalue weighted by atomic mass is 16.5. The molecule has 2 rings (SSSR count). The maximum absolute atomic E-state index is 12.2. The van der Waals surface area contributed by atoms with Gasteiger partial charge in [-0.15, -0.1) is 0 Å². The van der Waals surface area contributed by atoms with E-state index in [1.165, 1.54) is 0 Å². The van der Waals surface area contributed by atoms with Crippen molar-refractivity contribution in [2.24, 2.45) is 0 Å². The average molecular weight is 260 g/mol. The molecule has 1 heterocycles. The van der Waals surface area contributed by atoms with Crippen LogP contribution in [0.15, 0.2) is 36.4 Å². The molecule has 1 aromatic rings. The highest BCUT2D eigenvalue weighted by Gasteiger charge is 2.26. The summed E-state index contributed by atoms with van der Waals surface area (Å²) in [4.78, 5) is 13.9. The number of fused-ring (bicyclic) bond motifs is 1. The van der Waals surface area contributed by atoms with Gasteiger partial charge in [0, 0.05) is 18.7 Å². The lowest BCUT2D eigenvalue weighted by Crippen LogP contribution is -2.42. The van der Waals surface area contributed by atoms with Gasteiger partial charge in [-0.3, -0.25) is 0 Å². The van der Waals surface area contributed by atoms with Gasteiger partial charge >= 0.3 is 6.03 Å². The molecule has 1 aliphatic rings. The topological polar surface area (TPSA) is 41.6 Å². The molecule has 1 atom stereocenters. The van der Waals surface area contributed by atoms with Crippen molar-refractivity contribution in [3.05, 3.63) is 42.0 Å². The maximum atomic E-state index is 12.2. The van der Waals surface area contributed by atoms with Crippen LogP contribution in [0.2, 0.25) is 0 Å². The molecule has 4 nitrogen and oxygen atoms in total. The van der Waals surface area contributed by atoms with Gasteiger partial charge in [-0.05, 0) is 19.9 Å². The van der Waals surface area contributed by atoms with Crippen LogP contribution in [-0.4, -0.2) is 30.6 Å². The molecule has 19 heavy (non-hydrogen) atoms. The highest BCUT2D eigenvalue weighted by molar-refractivity contribution is 5.75. The Kier molecular flexibility index (Phi) is 4.10. The van der Waals surface area contributed by atoms with E-state index in [1.807, 2.05) is 38.1 Å². The fourth-order valence-electron chi connectivity index (χ4n) is 2.18. The first-order chi connectivity index (χ1) is 9.11. The van der Waals surface area contributed by atoms with Gasteiger partial charge in [0.15, 0.2) is 0 Å². The Bertz CT molecular complexity index is 485. The molecule has 0 aromatic heterocycles.